The molecule has 1 aliphatic rings. The van der Waals surface area contributed by atoms with Gasteiger partial charge in [-0.3, -0.25) is 9.69 Å². The molecule has 1 aromatic heterocycles. The van der Waals surface area contributed by atoms with Gasteiger partial charge in [-0.1, -0.05) is 53.4 Å². The average molecular weight is 364 g/mol. The van der Waals surface area contributed by atoms with Crippen molar-refractivity contribution in [1.82, 2.24) is 20.0 Å². The number of piperazine rings is 1. The lowest BCUT2D eigenvalue weighted by Crippen LogP contribution is -2.50. The lowest BCUT2D eigenvalue weighted by atomic mass is 10.2. The van der Waals surface area contributed by atoms with Crippen molar-refractivity contribution in [3.63, 3.8) is 0 Å². The Morgan fingerprint density at radius 3 is 2.58 bits per heavy atom. The summed E-state index contributed by atoms with van der Waals surface area (Å²) in [7, 11) is 0. The van der Waals surface area contributed by atoms with Crippen molar-refractivity contribution in [1.29, 1.82) is 0 Å². The van der Waals surface area contributed by atoms with E-state index in [0.717, 1.165) is 37.1 Å². The molecule has 2 N–H and O–H groups in total. The lowest BCUT2D eigenvalue weighted by molar-refractivity contribution is -0.132. The van der Waals surface area contributed by atoms with E-state index >= 15 is 0 Å². The van der Waals surface area contributed by atoms with Gasteiger partial charge in [0.25, 0.3) is 0 Å². The van der Waals surface area contributed by atoms with Crippen LogP contribution in [0.1, 0.15) is 12.5 Å². The molecule has 1 atom stereocenters. The van der Waals surface area contributed by atoms with Crippen LogP contribution in [0.15, 0.2) is 34.7 Å². The summed E-state index contributed by atoms with van der Waals surface area (Å²) >= 11 is 2.75. The molecule has 1 amide bonds. The molecular weight excluding hydrogens is 342 g/mol. The summed E-state index contributed by atoms with van der Waals surface area (Å²) in [4.78, 5) is 16.9. The first-order valence-corrected chi connectivity index (χ1v) is 9.62. The topological polar surface area (TPSA) is 75.3 Å². The maximum absolute atomic E-state index is 12.6. The summed E-state index contributed by atoms with van der Waals surface area (Å²) in [5.41, 5.74) is 6.90. The third-order valence-corrected chi connectivity index (χ3v) is 5.90. The van der Waals surface area contributed by atoms with Crippen LogP contribution in [0.25, 0.3) is 0 Å². The van der Waals surface area contributed by atoms with Crippen molar-refractivity contribution in [3.05, 3.63) is 35.9 Å². The molecule has 1 aromatic carbocycles. The number of nitrogens with two attached hydrogens (primary N) is 1. The van der Waals surface area contributed by atoms with Crippen LogP contribution in [0.3, 0.4) is 0 Å². The Bertz CT molecular complexity index is 670. The van der Waals surface area contributed by atoms with Gasteiger partial charge in [-0.15, -0.1) is 10.2 Å². The van der Waals surface area contributed by atoms with Crippen LogP contribution in [0.2, 0.25) is 0 Å². The lowest BCUT2D eigenvalue weighted by Gasteiger charge is -2.35. The third-order valence-electron chi connectivity index (χ3n) is 3.98. The van der Waals surface area contributed by atoms with Crippen molar-refractivity contribution in [2.75, 3.05) is 31.9 Å². The van der Waals surface area contributed by atoms with Gasteiger partial charge in [0.2, 0.25) is 11.0 Å². The predicted octanol–water partition coefficient (Wildman–Crippen LogP) is 1.95. The smallest absolute Gasteiger partial charge is 0.235 e. The van der Waals surface area contributed by atoms with Gasteiger partial charge in [-0.2, -0.15) is 0 Å². The van der Waals surface area contributed by atoms with Gasteiger partial charge in [0.1, 0.15) is 0 Å². The molecule has 0 radical (unpaired) electrons. The zero-order valence-electron chi connectivity index (χ0n) is 13.6. The van der Waals surface area contributed by atoms with Crippen LogP contribution in [-0.2, 0) is 11.3 Å². The first kappa shape index (κ1) is 17.2. The van der Waals surface area contributed by atoms with Crippen LogP contribution in [0.4, 0.5) is 5.13 Å². The summed E-state index contributed by atoms with van der Waals surface area (Å²) in [6.45, 7) is 6.22. The standard InChI is InChI=1S/C16H21N5OS2/c1-12(23-16-19-18-15(17)24-16)14(22)21-9-7-20(8-10-21)11-13-5-3-2-4-6-13/h2-6,12H,7-11H2,1H3,(H2,17,18). The van der Waals surface area contributed by atoms with Crippen molar-refractivity contribution in [2.24, 2.45) is 0 Å². The number of hydrogen-bond donors (Lipinski definition) is 1. The number of rotatable bonds is 5. The number of aromatic nitrogens is 2. The highest BCUT2D eigenvalue weighted by Crippen LogP contribution is 2.28. The highest BCUT2D eigenvalue weighted by atomic mass is 32.2. The molecule has 6 nitrogen and oxygen atoms in total. The molecule has 8 heteroatoms. The Hall–Kier alpha value is -1.64. The van der Waals surface area contributed by atoms with Gasteiger partial charge < -0.3 is 10.6 Å². The molecule has 1 fully saturated rings. The van der Waals surface area contributed by atoms with E-state index in [9.17, 15) is 4.79 Å². The summed E-state index contributed by atoms with van der Waals surface area (Å²) in [5, 5.41) is 8.02. The highest BCUT2D eigenvalue weighted by Gasteiger charge is 2.26. The fraction of sp³-hybridized carbons (Fsp3) is 0.438. The second-order valence-corrected chi connectivity index (χ2v) is 8.35. The minimum Gasteiger partial charge on any atom is -0.374 e. The van der Waals surface area contributed by atoms with Gasteiger partial charge in [-0.25, -0.2) is 0 Å². The Kier molecular flexibility index (Phi) is 5.70. The number of carbonyl (C=O) groups excluding carboxylic acids is 1. The largest absolute Gasteiger partial charge is 0.374 e. The first-order chi connectivity index (χ1) is 11.6. The number of anilines is 1. The molecular formula is C16H21N5OS2. The van der Waals surface area contributed by atoms with Crippen LogP contribution >= 0.6 is 23.1 Å². The van der Waals surface area contributed by atoms with E-state index in [-0.39, 0.29) is 11.2 Å². The van der Waals surface area contributed by atoms with Crippen molar-refractivity contribution in [2.45, 2.75) is 23.1 Å². The van der Waals surface area contributed by atoms with Crippen molar-refractivity contribution < 1.29 is 4.79 Å². The summed E-state index contributed by atoms with van der Waals surface area (Å²) in [5.74, 6) is 0.160. The molecule has 3 rings (SSSR count). The Morgan fingerprint density at radius 1 is 1.25 bits per heavy atom. The van der Waals surface area contributed by atoms with Crippen LogP contribution < -0.4 is 5.73 Å². The van der Waals surface area contributed by atoms with Gasteiger partial charge in [0.15, 0.2) is 4.34 Å². The molecule has 2 aromatic rings. The van der Waals surface area contributed by atoms with E-state index in [1.165, 1.54) is 28.7 Å². The monoisotopic (exact) mass is 363 g/mol. The van der Waals surface area contributed by atoms with E-state index in [4.69, 9.17) is 5.73 Å². The summed E-state index contributed by atoms with van der Waals surface area (Å²) < 4.78 is 0.746. The number of nitrogens with zero attached hydrogens (tertiary/aromatic N) is 4. The molecule has 1 saturated heterocycles. The molecule has 2 heterocycles. The quantitative estimate of drug-likeness (QED) is 0.819. The van der Waals surface area contributed by atoms with E-state index in [0.29, 0.717) is 5.13 Å². The maximum atomic E-state index is 12.6. The van der Waals surface area contributed by atoms with E-state index in [1.54, 1.807) is 0 Å². The van der Waals surface area contributed by atoms with Gasteiger partial charge in [0.05, 0.1) is 5.25 Å². The number of carbonyl (C=O) groups is 1. The SMILES string of the molecule is CC(Sc1nnc(N)s1)C(=O)N1CCN(Cc2ccccc2)CC1. The molecule has 0 bridgehead atoms. The van der Waals surface area contributed by atoms with Crippen molar-refractivity contribution in [3.8, 4) is 0 Å². The summed E-state index contributed by atoms with van der Waals surface area (Å²) in [6.07, 6.45) is 0. The fourth-order valence-electron chi connectivity index (χ4n) is 2.69. The fourth-order valence-corrected chi connectivity index (χ4v) is 4.56. The van der Waals surface area contributed by atoms with Gasteiger partial charge in [-0.05, 0) is 12.5 Å². The minimum atomic E-state index is -0.168. The van der Waals surface area contributed by atoms with Crippen LogP contribution in [0.5, 0.6) is 0 Å². The average Bonchev–Trinajstić information content (AvgIpc) is 3.00. The summed E-state index contributed by atoms with van der Waals surface area (Å²) in [6, 6.07) is 10.4. The molecule has 0 aliphatic carbocycles. The Balaban J connectivity index is 1.47. The zero-order chi connectivity index (χ0) is 16.9. The van der Waals surface area contributed by atoms with E-state index in [2.05, 4.69) is 39.4 Å². The maximum Gasteiger partial charge on any atom is 0.235 e. The number of thioether (sulfide) groups is 1. The number of nitrogen functional groups attached to an aromatic ring is 1. The Morgan fingerprint density at radius 2 is 1.96 bits per heavy atom. The zero-order valence-corrected chi connectivity index (χ0v) is 15.2. The molecule has 128 valence electrons. The number of hydrogen-bond acceptors (Lipinski definition) is 7. The van der Waals surface area contributed by atoms with Gasteiger partial charge in [0, 0.05) is 32.7 Å². The molecule has 24 heavy (non-hydrogen) atoms. The molecule has 1 unspecified atom stereocenters. The minimum absolute atomic E-state index is 0.160. The third kappa shape index (κ3) is 4.46. The normalized spacial score (nSPS) is 17.0. The van der Waals surface area contributed by atoms with Gasteiger partial charge >= 0.3 is 0 Å². The highest BCUT2D eigenvalue weighted by molar-refractivity contribution is 8.02. The van der Waals surface area contributed by atoms with Crippen LogP contribution in [-0.4, -0.2) is 57.3 Å². The second-order valence-electron chi connectivity index (χ2n) is 5.75. The van der Waals surface area contributed by atoms with E-state index in [1.807, 2.05) is 17.9 Å². The second kappa shape index (κ2) is 7.96. The first-order valence-electron chi connectivity index (χ1n) is 7.92. The van der Waals surface area contributed by atoms with E-state index < -0.39 is 0 Å². The van der Waals surface area contributed by atoms with Crippen molar-refractivity contribution >= 4 is 34.1 Å². The number of amides is 1. The predicted molar refractivity (Wildman–Crippen MR) is 97.9 cm³/mol. The Labute approximate surface area is 150 Å². The molecule has 1 aliphatic heterocycles. The van der Waals surface area contributed by atoms with Crippen LogP contribution in [0, 0.1) is 0 Å². The number of benzene rings is 1. The molecule has 0 saturated carbocycles. The molecule has 0 spiro atoms.